The maximum atomic E-state index is 13.0. The number of carbonyl (C=O) groups excluding carboxylic acids is 1. The Morgan fingerprint density at radius 3 is 2.70 bits per heavy atom. The Labute approximate surface area is 114 Å². The largest absolute Gasteiger partial charge is 0.416 e. The monoisotopic (exact) mass is 307 g/mol. The first-order valence-corrected chi connectivity index (χ1v) is 6.31. The second kappa shape index (κ2) is 5.37. The molecule has 2 rings (SSSR count). The average Bonchev–Trinajstić information content (AvgIpc) is 2.77. The fourth-order valence-electron chi connectivity index (χ4n) is 1.51. The van der Waals surface area contributed by atoms with Gasteiger partial charge in [-0.15, -0.1) is 11.3 Å². The van der Waals surface area contributed by atoms with Crippen LogP contribution in [0.5, 0.6) is 0 Å². The fraction of sp³-hybridized carbons (Fsp3) is 0.250. The maximum absolute atomic E-state index is 13.0. The molecule has 0 radical (unpaired) electrons. The molecule has 2 N–H and O–H groups in total. The molecule has 0 bridgehead atoms. The molecule has 108 valence electrons. The standard InChI is InChI=1S/C12H9F4NO2S/c13-7-2-1-6-3-9(20-8(6)4-7)11(19)17-5-10(18)12(14,15)16/h1-4,10,18H,5H2,(H,17,19). The highest BCUT2D eigenvalue weighted by atomic mass is 32.1. The number of fused-ring (bicyclic) bond motifs is 1. The van der Waals surface area contributed by atoms with Gasteiger partial charge in [0.15, 0.2) is 6.10 Å². The van der Waals surface area contributed by atoms with Crippen LogP contribution in [-0.2, 0) is 0 Å². The highest BCUT2D eigenvalue weighted by molar-refractivity contribution is 7.20. The first kappa shape index (κ1) is 14.7. The molecule has 3 nitrogen and oxygen atoms in total. The number of aliphatic hydroxyl groups is 1. The van der Waals surface area contributed by atoms with E-state index < -0.39 is 30.5 Å². The number of nitrogens with one attached hydrogen (secondary N) is 1. The molecular formula is C12H9F4NO2S. The van der Waals surface area contributed by atoms with E-state index >= 15 is 0 Å². The first-order chi connectivity index (χ1) is 9.27. The second-order valence-corrected chi connectivity index (χ2v) is 5.14. The number of halogens is 4. The lowest BCUT2D eigenvalue weighted by Gasteiger charge is -2.14. The normalized spacial score (nSPS) is 13.4. The third-order valence-electron chi connectivity index (χ3n) is 2.54. The van der Waals surface area contributed by atoms with Crippen molar-refractivity contribution in [2.75, 3.05) is 6.54 Å². The van der Waals surface area contributed by atoms with E-state index in [1.54, 1.807) is 0 Å². The Morgan fingerprint density at radius 1 is 1.35 bits per heavy atom. The average molecular weight is 307 g/mol. The van der Waals surface area contributed by atoms with Gasteiger partial charge in [0.25, 0.3) is 5.91 Å². The zero-order valence-electron chi connectivity index (χ0n) is 9.87. The molecule has 1 heterocycles. The van der Waals surface area contributed by atoms with Crippen molar-refractivity contribution >= 4 is 27.3 Å². The van der Waals surface area contributed by atoms with Crippen LogP contribution in [0, 0.1) is 5.82 Å². The fourth-order valence-corrected chi connectivity index (χ4v) is 2.51. The van der Waals surface area contributed by atoms with E-state index in [1.807, 2.05) is 5.32 Å². The Hall–Kier alpha value is -1.67. The lowest BCUT2D eigenvalue weighted by molar-refractivity contribution is -0.201. The smallest absolute Gasteiger partial charge is 0.382 e. The van der Waals surface area contributed by atoms with Gasteiger partial charge < -0.3 is 10.4 Å². The van der Waals surface area contributed by atoms with Crippen LogP contribution in [0.2, 0.25) is 0 Å². The van der Waals surface area contributed by atoms with Gasteiger partial charge in [-0.2, -0.15) is 13.2 Å². The summed E-state index contributed by atoms with van der Waals surface area (Å²) in [6.45, 7) is -0.926. The van der Waals surface area contributed by atoms with E-state index in [0.29, 0.717) is 10.1 Å². The van der Waals surface area contributed by atoms with Crippen LogP contribution in [0.4, 0.5) is 17.6 Å². The topological polar surface area (TPSA) is 49.3 Å². The third-order valence-corrected chi connectivity index (χ3v) is 3.64. The molecule has 1 aromatic carbocycles. The Bertz CT molecular complexity index is 638. The summed E-state index contributed by atoms with van der Waals surface area (Å²) in [6, 6.07) is 5.39. The Balaban J connectivity index is 2.08. The number of carbonyl (C=O) groups is 1. The van der Waals surface area contributed by atoms with Crippen LogP contribution in [-0.4, -0.2) is 29.8 Å². The van der Waals surface area contributed by atoms with Crippen molar-refractivity contribution in [2.45, 2.75) is 12.3 Å². The van der Waals surface area contributed by atoms with Crippen LogP contribution >= 0.6 is 11.3 Å². The molecule has 0 aliphatic heterocycles. The maximum Gasteiger partial charge on any atom is 0.416 e. The van der Waals surface area contributed by atoms with Gasteiger partial charge >= 0.3 is 6.18 Å². The van der Waals surface area contributed by atoms with Crippen LogP contribution in [0.25, 0.3) is 10.1 Å². The van der Waals surface area contributed by atoms with E-state index in [1.165, 1.54) is 24.3 Å². The van der Waals surface area contributed by atoms with Crippen molar-refractivity contribution in [3.8, 4) is 0 Å². The third kappa shape index (κ3) is 3.26. The molecule has 0 aliphatic carbocycles. The molecule has 0 spiro atoms. The zero-order valence-corrected chi connectivity index (χ0v) is 10.7. The van der Waals surface area contributed by atoms with Crippen molar-refractivity contribution in [1.82, 2.24) is 5.32 Å². The van der Waals surface area contributed by atoms with Crippen molar-refractivity contribution in [2.24, 2.45) is 0 Å². The molecule has 0 aliphatic rings. The zero-order chi connectivity index (χ0) is 14.9. The summed E-state index contributed by atoms with van der Waals surface area (Å²) in [5.41, 5.74) is 0. The molecule has 1 unspecified atom stereocenters. The van der Waals surface area contributed by atoms with Gasteiger partial charge in [-0.1, -0.05) is 6.07 Å². The molecule has 0 saturated carbocycles. The van der Waals surface area contributed by atoms with Crippen LogP contribution in [0.1, 0.15) is 9.67 Å². The van der Waals surface area contributed by atoms with Crippen molar-refractivity contribution in [3.63, 3.8) is 0 Å². The van der Waals surface area contributed by atoms with Gasteiger partial charge in [0.1, 0.15) is 5.82 Å². The van der Waals surface area contributed by atoms with Crippen LogP contribution in [0.3, 0.4) is 0 Å². The number of rotatable bonds is 3. The van der Waals surface area contributed by atoms with E-state index in [4.69, 9.17) is 5.11 Å². The Kier molecular flexibility index (Phi) is 3.96. The number of thiophene rings is 1. The number of hydrogen-bond donors (Lipinski definition) is 2. The summed E-state index contributed by atoms with van der Waals surface area (Å²) in [5.74, 6) is -1.20. The van der Waals surface area contributed by atoms with Crippen molar-refractivity contribution < 1.29 is 27.5 Å². The lowest BCUT2D eigenvalue weighted by atomic mass is 10.2. The number of hydrogen-bond acceptors (Lipinski definition) is 3. The van der Waals surface area contributed by atoms with E-state index in [0.717, 1.165) is 11.3 Å². The number of benzene rings is 1. The van der Waals surface area contributed by atoms with Gasteiger partial charge in [0, 0.05) is 4.70 Å². The predicted octanol–water partition coefficient (Wildman–Crippen LogP) is 2.69. The summed E-state index contributed by atoms with van der Waals surface area (Å²) in [5, 5.41) is 11.4. The minimum Gasteiger partial charge on any atom is -0.382 e. The number of aliphatic hydroxyl groups excluding tert-OH is 1. The van der Waals surface area contributed by atoms with Crippen LogP contribution < -0.4 is 5.32 Å². The highest BCUT2D eigenvalue weighted by Crippen LogP contribution is 2.26. The quantitative estimate of drug-likeness (QED) is 0.857. The lowest BCUT2D eigenvalue weighted by Crippen LogP contribution is -2.40. The van der Waals surface area contributed by atoms with E-state index in [-0.39, 0.29) is 4.88 Å². The SMILES string of the molecule is O=C(NCC(O)C(F)(F)F)c1cc2ccc(F)cc2s1. The second-order valence-electron chi connectivity index (χ2n) is 4.06. The summed E-state index contributed by atoms with van der Waals surface area (Å²) in [7, 11) is 0. The molecule has 2 aromatic rings. The minimum atomic E-state index is -4.78. The van der Waals surface area contributed by atoms with Gasteiger partial charge in [-0.3, -0.25) is 4.79 Å². The molecule has 20 heavy (non-hydrogen) atoms. The van der Waals surface area contributed by atoms with Crippen molar-refractivity contribution in [3.05, 3.63) is 35.0 Å². The number of alkyl halides is 3. The van der Waals surface area contributed by atoms with Gasteiger partial charge in [-0.05, 0) is 23.6 Å². The Morgan fingerprint density at radius 2 is 2.05 bits per heavy atom. The summed E-state index contributed by atoms with van der Waals surface area (Å²) in [6.07, 6.45) is -7.39. The molecular weight excluding hydrogens is 298 g/mol. The molecule has 1 aromatic heterocycles. The van der Waals surface area contributed by atoms with Crippen LogP contribution in [0.15, 0.2) is 24.3 Å². The summed E-state index contributed by atoms with van der Waals surface area (Å²) in [4.78, 5) is 11.8. The molecule has 1 atom stereocenters. The van der Waals surface area contributed by atoms with E-state index in [2.05, 4.69) is 0 Å². The van der Waals surface area contributed by atoms with Crippen molar-refractivity contribution in [1.29, 1.82) is 0 Å². The molecule has 0 saturated heterocycles. The molecule has 8 heteroatoms. The number of amides is 1. The van der Waals surface area contributed by atoms with Gasteiger partial charge in [0.05, 0.1) is 11.4 Å². The highest BCUT2D eigenvalue weighted by Gasteiger charge is 2.38. The van der Waals surface area contributed by atoms with E-state index in [9.17, 15) is 22.4 Å². The minimum absolute atomic E-state index is 0.153. The predicted molar refractivity (Wildman–Crippen MR) is 66.2 cm³/mol. The summed E-state index contributed by atoms with van der Waals surface area (Å²) >= 11 is 0.964. The van der Waals surface area contributed by atoms with Gasteiger partial charge in [-0.25, -0.2) is 4.39 Å². The van der Waals surface area contributed by atoms with Gasteiger partial charge in [0.2, 0.25) is 0 Å². The molecule has 0 fully saturated rings. The summed E-state index contributed by atoms with van der Waals surface area (Å²) < 4.78 is 49.7. The molecule has 1 amide bonds. The first-order valence-electron chi connectivity index (χ1n) is 5.49.